The van der Waals surface area contributed by atoms with Gasteiger partial charge in [-0.2, -0.15) is 0 Å². The van der Waals surface area contributed by atoms with Crippen molar-refractivity contribution in [3.05, 3.63) is 22.4 Å². The lowest BCUT2D eigenvalue weighted by Crippen LogP contribution is -2.30. The molecule has 68 valence electrons. The molecule has 0 aliphatic rings. The van der Waals surface area contributed by atoms with Crippen molar-refractivity contribution < 1.29 is 5.11 Å². The summed E-state index contributed by atoms with van der Waals surface area (Å²) < 4.78 is 0. The minimum Gasteiger partial charge on any atom is -0.386 e. The van der Waals surface area contributed by atoms with Gasteiger partial charge in [-0.05, 0) is 24.4 Å². The third kappa shape index (κ3) is 2.28. The predicted molar refractivity (Wildman–Crippen MR) is 50.9 cm³/mol. The highest BCUT2D eigenvalue weighted by molar-refractivity contribution is 7.10. The van der Waals surface area contributed by atoms with Crippen LogP contribution < -0.4 is 11.5 Å². The molecule has 0 radical (unpaired) electrons. The minimum absolute atomic E-state index is 0.242. The molecule has 0 aromatic carbocycles. The average Bonchev–Trinajstić information content (AvgIpc) is 2.55. The molecule has 4 heteroatoms. The summed E-state index contributed by atoms with van der Waals surface area (Å²) in [6, 6.07) is 3.54. The first kappa shape index (κ1) is 9.67. The number of hydrogen-bond donors (Lipinski definition) is 3. The Labute approximate surface area is 76.0 Å². The lowest BCUT2D eigenvalue weighted by molar-refractivity contribution is 0.147. The molecular weight excluding hydrogens is 172 g/mol. The Hall–Kier alpha value is -0.420. The highest BCUT2D eigenvalue weighted by atomic mass is 32.1. The quantitative estimate of drug-likeness (QED) is 0.639. The van der Waals surface area contributed by atoms with Crippen LogP contribution in [0.25, 0.3) is 0 Å². The summed E-state index contributed by atoms with van der Waals surface area (Å²) in [5.41, 5.74) is 11.0. The van der Waals surface area contributed by atoms with Crippen molar-refractivity contribution >= 4 is 11.3 Å². The molecule has 1 aromatic rings. The van der Waals surface area contributed by atoms with Crippen molar-refractivity contribution in [1.29, 1.82) is 0 Å². The van der Waals surface area contributed by atoms with E-state index >= 15 is 0 Å². The van der Waals surface area contributed by atoms with Gasteiger partial charge in [0.05, 0.1) is 0 Å². The topological polar surface area (TPSA) is 72.3 Å². The predicted octanol–water partition coefficient (Wildman–Crippen LogP) is 0.458. The van der Waals surface area contributed by atoms with Crippen LogP contribution in [0.1, 0.15) is 17.4 Å². The Balaban J connectivity index is 2.53. The molecule has 0 fully saturated rings. The summed E-state index contributed by atoms with van der Waals surface area (Å²) in [5.74, 6) is 0. The van der Waals surface area contributed by atoms with Crippen LogP contribution in [0.2, 0.25) is 0 Å². The van der Waals surface area contributed by atoms with Crippen molar-refractivity contribution in [1.82, 2.24) is 0 Å². The second kappa shape index (κ2) is 4.57. The van der Waals surface area contributed by atoms with Gasteiger partial charge in [0.25, 0.3) is 0 Å². The molecule has 1 rings (SSSR count). The average molecular weight is 186 g/mol. The fourth-order valence-corrected chi connectivity index (χ4v) is 1.81. The fourth-order valence-electron chi connectivity index (χ4n) is 1.02. The molecule has 0 amide bonds. The Morgan fingerprint density at radius 3 is 2.83 bits per heavy atom. The molecule has 0 saturated carbocycles. The van der Waals surface area contributed by atoms with Crippen LogP contribution in [0.4, 0.5) is 0 Å². The highest BCUT2D eigenvalue weighted by Gasteiger charge is 2.16. The van der Waals surface area contributed by atoms with E-state index in [-0.39, 0.29) is 6.04 Å². The molecule has 0 aliphatic heterocycles. The highest BCUT2D eigenvalue weighted by Crippen LogP contribution is 2.21. The zero-order valence-electron chi connectivity index (χ0n) is 6.81. The number of aliphatic hydroxyl groups is 1. The van der Waals surface area contributed by atoms with Gasteiger partial charge in [-0.3, -0.25) is 0 Å². The van der Waals surface area contributed by atoms with Crippen LogP contribution in [-0.2, 0) is 0 Å². The molecule has 2 unspecified atom stereocenters. The maximum atomic E-state index is 9.64. The largest absolute Gasteiger partial charge is 0.386 e. The molecule has 1 heterocycles. The third-order valence-corrected chi connectivity index (χ3v) is 2.68. The van der Waals surface area contributed by atoms with Crippen LogP contribution in [0.5, 0.6) is 0 Å². The standard InChI is InChI=1S/C8H14N2OS/c9-4-3-6(10)8(11)7-2-1-5-12-7/h1-2,5-6,8,11H,3-4,9-10H2. The summed E-state index contributed by atoms with van der Waals surface area (Å²) in [4.78, 5) is 0.913. The lowest BCUT2D eigenvalue weighted by Gasteiger charge is -2.16. The van der Waals surface area contributed by atoms with Crippen molar-refractivity contribution in [2.75, 3.05) is 6.54 Å². The van der Waals surface area contributed by atoms with Gasteiger partial charge >= 0.3 is 0 Å². The molecule has 0 saturated heterocycles. The smallest absolute Gasteiger partial charge is 0.103 e. The van der Waals surface area contributed by atoms with Gasteiger partial charge in [-0.15, -0.1) is 11.3 Å². The molecule has 5 N–H and O–H groups in total. The number of rotatable bonds is 4. The van der Waals surface area contributed by atoms with Crippen LogP contribution in [0, 0.1) is 0 Å². The van der Waals surface area contributed by atoms with E-state index in [1.54, 1.807) is 0 Å². The molecule has 12 heavy (non-hydrogen) atoms. The van der Waals surface area contributed by atoms with Crippen molar-refractivity contribution in [2.24, 2.45) is 11.5 Å². The first-order chi connectivity index (χ1) is 5.75. The van der Waals surface area contributed by atoms with Crippen LogP contribution in [0.3, 0.4) is 0 Å². The first-order valence-electron chi connectivity index (χ1n) is 3.93. The molecular formula is C8H14N2OS. The Kier molecular flexibility index (Phi) is 3.68. The number of nitrogens with two attached hydrogens (primary N) is 2. The third-order valence-electron chi connectivity index (χ3n) is 1.74. The molecule has 2 atom stereocenters. The number of aliphatic hydroxyl groups excluding tert-OH is 1. The normalized spacial score (nSPS) is 15.9. The maximum absolute atomic E-state index is 9.64. The van der Waals surface area contributed by atoms with E-state index in [0.717, 1.165) is 4.88 Å². The van der Waals surface area contributed by atoms with Crippen molar-refractivity contribution in [2.45, 2.75) is 18.6 Å². The van der Waals surface area contributed by atoms with E-state index in [1.807, 2.05) is 17.5 Å². The summed E-state index contributed by atoms with van der Waals surface area (Å²) >= 11 is 1.51. The lowest BCUT2D eigenvalue weighted by atomic mass is 10.1. The van der Waals surface area contributed by atoms with Gasteiger partial charge in [0.1, 0.15) is 6.10 Å². The zero-order valence-corrected chi connectivity index (χ0v) is 7.63. The van der Waals surface area contributed by atoms with Gasteiger partial charge in [0, 0.05) is 10.9 Å². The van der Waals surface area contributed by atoms with Crippen molar-refractivity contribution in [3.63, 3.8) is 0 Å². The Morgan fingerprint density at radius 1 is 1.58 bits per heavy atom. The van der Waals surface area contributed by atoms with E-state index in [0.29, 0.717) is 13.0 Å². The van der Waals surface area contributed by atoms with Crippen molar-refractivity contribution in [3.8, 4) is 0 Å². The van der Waals surface area contributed by atoms with Gasteiger partial charge < -0.3 is 16.6 Å². The van der Waals surface area contributed by atoms with E-state index in [4.69, 9.17) is 11.5 Å². The Morgan fingerprint density at radius 2 is 2.33 bits per heavy atom. The molecule has 0 aliphatic carbocycles. The summed E-state index contributed by atoms with van der Waals surface area (Å²) in [6.45, 7) is 0.517. The summed E-state index contributed by atoms with van der Waals surface area (Å²) in [7, 11) is 0. The monoisotopic (exact) mass is 186 g/mol. The first-order valence-corrected chi connectivity index (χ1v) is 4.80. The van der Waals surface area contributed by atoms with E-state index in [9.17, 15) is 5.11 Å². The number of thiophene rings is 1. The van der Waals surface area contributed by atoms with E-state index in [1.165, 1.54) is 11.3 Å². The fraction of sp³-hybridized carbons (Fsp3) is 0.500. The van der Waals surface area contributed by atoms with Crippen LogP contribution in [0.15, 0.2) is 17.5 Å². The second-order valence-electron chi connectivity index (χ2n) is 2.70. The SMILES string of the molecule is NCCC(N)C(O)c1cccs1. The van der Waals surface area contributed by atoms with Gasteiger partial charge in [-0.1, -0.05) is 6.07 Å². The van der Waals surface area contributed by atoms with Gasteiger partial charge in [0.15, 0.2) is 0 Å². The summed E-state index contributed by atoms with van der Waals surface area (Å²) in [5, 5.41) is 11.6. The number of hydrogen-bond acceptors (Lipinski definition) is 4. The molecule has 1 aromatic heterocycles. The van der Waals surface area contributed by atoms with Crippen LogP contribution >= 0.6 is 11.3 Å². The molecule has 0 bridgehead atoms. The zero-order chi connectivity index (χ0) is 8.97. The summed E-state index contributed by atoms with van der Waals surface area (Å²) in [6.07, 6.45) is 0.0903. The molecule has 0 spiro atoms. The molecule has 3 nitrogen and oxygen atoms in total. The van der Waals surface area contributed by atoms with Gasteiger partial charge in [0.2, 0.25) is 0 Å². The van der Waals surface area contributed by atoms with E-state index < -0.39 is 6.10 Å². The maximum Gasteiger partial charge on any atom is 0.103 e. The minimum atomic E-state index is -0.562. The Bertz CT molecular complexity index is 213. The van der Waals surface area contributed by atoms with E-state index in [2.05, 4.69) is 0 Å². The van der Waals surface area contributed by atoms with Crippen LogP contribution in [-0.4, -0.2) is 17.7 Å². The second-order valence-corrected chi connectivity index (χ2v) is 3.68. The van der Waals surface area contributed by atoms with Gasteiger partial charge in [-0.25, -0.2) is 0 Å².